The number of nitrogens with one attached hydrogen (secondary N) is 1. The van der Waals surface area contributed by atoms with Crippen LogP contribution in [0.2, 0.25) is 0 Å². The maximum Gasteiger partial charge on any atom is 0.0579 e. The van der Waals surface area contributed by atoms with Crippen LogP contribution in [0, 0.1) is 12.3 Å². The number of benzene rings is 1. The first-order chi connectivity index (χ1) is 7.82. The zero-order valence-corrected chi connectivity index (χ0v) is 11.7. The number of nitrogen functional groups attached to an aromatic ring is 1. The molecule has 0 unspecified atom stereocenters. The molecule has 1 aromatic carbocycles. The third-order valence-corrected chi connectivity index (χ3v) is 2.83. The van der Waals surface area contributed by atoms with E-state index in [1.54, 1.807) is 0 Å². The average Bonchev–Trinajstić information content (AvgIpc) is 2.18. The van der Waals surface area contributed by atoms with Gasteiger partial charge in [-0.2, -0.15) is 0 Å². The minimum atomic E-state index is 0.222. The fraction of sp³-hybridized carbons (Fsp3) is 0.571. The molecule has 17 heavy (non-hydrogen) atoms. The summed E-state index contributed by atoms with van der Waals surface area (Å²) in [7, 11) is 4.20. The molecule has 0 saturated heterocycles. The second-order valence-electron chi connectivity index (χ2n) is 5.79. The van der Waals surface area contributed by atoms with E-state index in [4.69, 9.17) is 5.73 Å². The normalized spacial score (nSPS) is 11.9. The van der Waals surface area contributed by atoms with Gasteiger partial charge in [0.2, 0.25) is 0 Å². The summed E-state index contributed by atoms with van der Waals surface area (Å²) in [6.45, 7) is 8.51. The maximum absolute atomic E-state index is 6.04. The van der Waals surface area contributed by atoms with Crippen LogP contribution in [0.1, 0.15) is 19.4 Å². The Morgan fingerprint density at radius 2 is 1.94 bits per heavy atom. The molecule has 0 atom stereocenters. The third-order valence-electron chi connectivity index (χ3n) is 2.83. The fourth-order valence-corrected chi connectivity index (χ4v) is 2.08. The van der Waals surface area contributed by atoms with Crippen molar-refractivity contribution in [1.82, 2.24) is 4.90 Å². The Hall–Kier alpha value is -1.22. The van der Waals surface area contributed by atoms with E-state index in [2.05, 4.69) is 38.2 Å². The number of hydrogen-bond donors (Lipinski definition) is 2. The van der Waals surface area contributed by atoms with Crippen molar-refractivity contribution in [2.24, 2.45) is 5.41 Å². The average molecular weight is 235 g/mol. The molecule has 96 valence electrons. The van der Waals surface area contributed by atoms with Crippen molar-refractivity contribution >= 4 is 11.4 Å². The van der Waals surface area contributed by atoms with Crippen LogP contribution in [-0.2, 0) is 0 Å². The van der Waals surface area contributed by atoms with Gasteiger partial charge in [-0.05, 0) is 38.1 Å². The van der Waals surface area contributed by atoms with Crippen LogP contribution in [0.25, 0.3) is 0 Å². The number of nitrogens with two attached hydrogens (primary N) is 1. The first-order valence-corrected chi connectivity index (χ1v) is 6.05. The van der Waals surface area contributed by atoms with Crippen molar-refractivity contribution in [3.05, 3.63) is 23.8 Å². The lowest BCUT2D eigenvalue weighted by molar-refractivity contribution is 0.254. The van der Waals surface area contributed by atoms with Gasteiger partial charge in [0.25, 0.3) is 0 Å². The van der Waals surface area contributed by atoms with E-state index in [9.17, 15) is 0 Å². The van der Waals surface area contributed by atoms with E-state index >= 15 is 0 Å². The quantitative estimate of drug-likeness (QED) is 0.771. The van der Waals surface area contributed by atoms with Crippen LogP contribution in [0.4, 0.5) is 11.4 Å². The summed E-state index contributed by atoms with van der Waals surface area (Å²) in [5.41, 5.74) is 9.28. The molecule has 1 aromatic rings. The largest absolute Gasteiger partial charge is 0.397 e. The topological polar surface area (TPSA) is 41.3 Å². The summed E-state index contributed by atoms with van der Waals surface area (Å²) >= 11 is 0. The van der Waals surface area contributed by atoms with E-state index in [0.717, 1.165) is 30.0 Å². The van der Waals surface area contributed by atoms with Crippen molar-refractivity contribution in [2.45, 2.75) is 20.8 Å². The van der Waals surface area contributed by atoms with Gasteiger partial charge in [0.1, 0.15) is 0 Å². The van der Waals surface area contributed by atoms with Crippen molar-refractivity contribution in [3.63, 3.8) is 0 Å². The molecular formula is C14H25N3. The van der Waals surface area contributed by atoms with Crippen LogP contribution in [0.3, 0.4) is 0 Å². The van der Waals surface area contributed by atoms with E-state index in [-0.39, 0.29) is 5.41 Å². The molecule has 0 saturated carbocycles. The number of nitrogens with zero attached hydrogens (tertiary/aromatic N) is 1. The smallest absolute Gasteiger partial charge is 0.0579 e. The molecule has 3 heteroatoms. The van der Waals surface area contributed by atoms with Gasteiger partial charge in [0, 0.05) is 13.1 Å². The predicted molar refractivity (Wildman–Crippen MR) is 76.4 cm³/mol. The zero-order valence-electron chi connectivity index (χ0n) is 11.7. The number of para-hydroxylation sites is 1. The van der Waals surface area contributed by atoms with Crippen LogP contribution in [0.15, 0.2) is 18.2 Å². The maximum atomic E-state index is 6.04. The van der Waals surface area contributed by atoms with Crippen molar-refractivity contribution in [2.75, 3.05) is 38.2 Å². The van der Waals surface area contributed by atoms with E-state index in [0.29, 0.717) is 0 Å². The highest BCUT2D eigenvalue weighted by Gasteiger charge is 2.18. The minimum Gasteiger partial charge on any atom is -0.397 e. The molecule has 0 aromatic heterocycles. The third kappa shape index (κ3) is 4.27. The van der Waals surface area contributed by atoms with Gasteiger partial charge in [0.15, 0.2) is 0 Å². The Labute approximate surface area is 105 Å². The fourth-order valence-electron chi connectivity index (χ4n) is 2.08. The van der Waals surface area contributed by atoms with Gasteiger partial charge in [-0.1, -0.05) is 26.0 Å². The summed E-state index contributed by atoms with van der Waals surface area (Å²) in [4.78, 5) is 2.21. The van der Waals surface area contributed by atoms with Crippen molar-refractivity contribution in [3.8, 4) is 0 Å². The Morgan fingerprint density at radius 3 is 2.53 bits per heavy atom. The highest BCUT2D eigenvalue weighted by Crippen LogP contribution is 2.24. The van der Waals surface area contributed by atoms with Crippen LogP contribution in [-0.4, -0.2) is 32.1 Å². The van der Waals surface area contributed by atoms with Gasteiger partial charge in [-0.15, -0.1) is 0 Å². The standard InChI is InChI=1S/C14H25N3/c1-11-7-6-8-12(13(11)15)16-9-14(2,3)10-17(4)5/h6-8,16H,9-10,15H2,1-5H3. The molecule has 0 radical (unpaired) electrons. The Morgan fingerprint density at radius 1 is 1.29 bits per heavy atom. The molecular weight excluding hydrogens is 210 g/mol. The summed E-state index contributed by atoms with van der Waals surface area (Å²) in [6, 6.07) is 6.10. The second-order valence-corrected chi connectivity index (χ2v) is 5.79. The summed E-state index contributed by atoms with van der Waals surface area (Å²) in [6.07, 6.45) is 0. The number of anilines is 2. The minimum absolute atomic E-state index is 0.222. The molecule has 0 aliphatic carbocycles. The van der Waals surface area contributed by atoms with Gasteiger partial charge in [-0.3, -0.25) is 0 Å². The Kier molecular flexibility index (Phi) is 4.40. The molecule has 0 bridgehead atoms. The second kappa shape index (κ2) is 5.41. The first kappa shape index (κ1) is 13.8. The number of hydrogen-bond acceptors (Lipinski definition) is 3. The SMILES string of the molecule is Cc1cccc(NCC(C)(C)CN(C)C)c1N. The summed E-state index contributed by atoms with van der Waals surface area (Å²) in [5.74, 6) is 0. The van der Waals surface area contributed by atoms with Crippen molar-refractivity contribution < 1.29 is 0 Å². The van der Waals surface area contributed by atoms with Gasteiger partial charge >= 0.3 is 0 Å². The number of rotatable bonds is 5. The van der Waals surface area contributed by atoms with Gasteiger partial charge in [-0.25, -0.2) is 0 Å². The Balaban J connectivity index is 2.64. The predicted octanol–water partition coefficient (Wildman–Crippen LogP) is 2.58. The molecule has 0 amide bonds. The summed E-state index contributed by atoms with van der Waals surface area (Å²) < 4.78 is 0. The highest BCUT2D eigenvalue weighted by molar-refractivity contribution is 5.69. The molecule has 0 aliphatic heterocycles. The zero-order chi connectivity index (χ0) is 13.1. The lowest BCUT2D eigenvalue weighted by atomic mass is 9.93. The molecule has 0 fully saturated rings. The van der Waals surface area contributed by atoms with Crippen LogP contribution < -0.4 is 11.1 Å². The van der Waals surface area contributed by atoms with Crippen LogP contribution in [0.5, 0.6) is 0 Å². The van der Waals surface area contributed by atoms with E-state index in [1.807, 2.05) is 25.1 Å². The molecule has 0 aliphatic rings. The molecule has 0 heterocycles. The summed E-state index contributed by atoms with van der Waals surface area (Å²) in [5, 5.41) is 3.45. The lowest BCUT2D eigenvalue weighted by Gasteiger charge is -2.29. The van der Waals surface area contributed by atoms with Gasteiger partial charge < -0.3 is 16.0 Å². The van der Waals surface area contributed by atoms with E-state index < -0.39 is 0 Å². The molecule has 0 spiro atoms. The monoisotopic (exact) mass is 235 g/mol. The highest BCUT2D eigenvalue weighted by atomic mass is 15.1. The van der Waals surface area contributed by atoms with Gasteiger partial charge in [0.05, 0.1) is 11.4 Å². The molecule has 3 N–H and O–H groups in total. The van der Waals surface area contributed by atoms with Crippen molar-refractivity contribution in [1.29, 1.82) is 0 Å². The lowest BCUT2D eigenvalue weighted by Crippen LogP contribution is -2.34. The first-order valence-electron chi connectivity index (χ1n) is 6.05. The van der Waals surface area contributed by atoms with E-state index in [1.165, 1.54) is 0 Å². The molecule has 3 nitrogen and oxygen atoms in total. The van der Waals surface area contributed by atoms with Crippen LogP contribution >= 0.6 is 0 Å². The Bertz CT molecular complexity index is 370. The molecule has 1 rings (SSSR count). The number of aryl methyl sites for hydroxylation is 1.